The maximum absolute atomic E-state index is 11.9. The minimum atomic E-state index is -0.0536. The summed E-state index contributed by atoms with van der Waals surface area (Å²) in [4.78, 5) is 15.8. The number of nitrogens with zero attached hydrogens (tertiary/aromatic N) is 3. The van der Waals surface area contributed by atoms with Crippen molar-refractivity contribution in [2.24, 2.45) is 0 Å². The van der Waals surface area contributed by atoms with Gasteiger partial charge in [0.2, 0.25) is 17.7 Å². The van der Waals surface area contributed by atoms with Gasteiger partial charge >= 0.3 is 0 Å². The third-order valence-corrected chi connectivity index (χ3v) is 3.54. The Balaban J connectivity index is 1.51. The lowest BCUT2D eigenvalue weighted by Crippen LogP contribution is -2.23. The number of pyridine rings is 1. The second-order valence-electron chi connectivity index (χ2n) is 5.50. The molecule has 24 heavy (non-hydrogen) atoms. The molecule has 3 aromatic rings. The van der Waals surface area contributed by atoms with Gasteiger partial charge in [0.1, 0.15) is 0 Å². The van der Waals surface area contributed by atoms with Gasteiger partial charge in [0.25, 0.3) is 0 Å². The molecule has 2 heterocycles. The quantitative estimate of drug-likeness (QED) is 0.754. The van der Waals surface area contributed by atoms with Crippen molar-refractivity contribution in [2.45, 2.75) is 26.3 Å². The fraction of sp³-hybridized carbons (Fsp3) is 0.222. The average Bonchev–Trinajstić information content (AvgIpc) is 3.08. The molecule has 0 aliphatic carbocycles. The summed E-state index contributed by atoms with van der Waals surface area (Å²) in [6, 6.07) is 11.6. The summed E-state index contributed by atoms with van der Waals surface area (Å²) in [5, 5.41) is 10.9. The zero-order valence-electron chi connectivity index (χ0n) is 13.4. The molecular weight excluding hydrogens is 304 g/mol. The Hall–Kier alpha value is -3.02. The van der Waals surface area contributed by atoms with E-state index < -0.39 is 0 Å². The van der Waals surface area contributed by atoms with Crippen LogP contribution in [0.15, 0.2) is 53.2 Å². The third kappa shape index (κ3) is 4.25. The highest BCUT2D eigenvalue weighted by Gasteiger charge is 2.10. The van der Waals surface area contributed by atoms with Crippen molar-refractivity contribution < 1.29 is 9.21 Å². The molecule has 1 aromatic carbocycles. The summed E-state index contributed by atoms with van der Waals surface area (Å²) in [7, 11) is 0. The zero-order chi connectivity index (χ0) is 16.8. The number of aryl methyl sites for hydroxylation is 2. The van der Waals surface area contributed by atoms with E-state index in [0.29, 0.717) is 31.2 Å². The van der Waals surface area contributed by atoms with Crippen molar-refractivity contribution in [2.75, 3.05) is 0 Å². The number of amides is 1. The van der Waals surface area contributed by atoms with E-state index in [1.807, 2.05) is 43.3 Å². The van der Waals surface area contributed by atoms with E-state index in [1.165, 1.54) is 0 Å². The molecule has 0 atom stereocenters. The average molecular weight is 322 g/mol. The van der Waals surface area contributed by atoms with Crippen LogP contribution in [0.5, 0.6) is 0 Å². The summed E-state index contributed by atoms with van der Waals surface area (Å²) in [6.45, 7) is 2.49. The summed E-state index contributed by atoms with van der Waals surface area (Å²) >= 11 is 0. The maximum atomic E-state index is 11.9. The first kappa shape index (κ1) is 15.9. The van der Waals surface area contributed by atoms with Crippen LogP contribution in [-0.4, -0.2) is 21.1 Å². The molecule has 1 N–H and O–H groups in total. The summed E-state index contributed by atoms with van der Waals surface area (Å²) in [6.07, 6.45) is 4.13. The highest BCUT2D eigenvalue weighted by Crippen LogP contribution is 2.19. The Morgan fingerprint density at radius 2 is 2.00 bits per heavy atom. The van der Waals surface area contributed by atoms with Gasteiger partial charge in [-0.25, -0.2) is 0 Å². The number of benzene rings is 1. The van der Waals surface area contributed by atoms with Gasteiger partial charge in [0.05, 0.1) is 0 Å². The van der Waals surface area contributed by atoms with E-state index in [2.05, 4.69) is 20.5 Å². The molecule has 0 bridgehead atoms. The molecular formula is C18H18N4O2. The van der Waals surface area contributed by atoms with Gasteiger partial charge in [-0.3, -0.25) is 9.78 Å². The zero-order valence-corrected chi connectivity index (χ0v) is 13.4. The Morgan fingerprint density at radius 3 is 2.79 bits per heavy atom. The van der Waals surface area contributed by atoms with Crippen LogP contribution in [0.4, 0.5) is 0 Å². The fourth-order valence-electron chi connectivity index (χ4n) is 2.26. The number of hydrogen-bond acceptors (Lipinski definition) is 5. The van der Waals surface area contributed by atoms with Crippen LogP contribution in [0.1, 0.15) is 23.4 Å². The number of hydrogen-bond donors (Lipinski definition) is 1. The smallest absolute Gasteiger partial charge is 0.247 e. The first-order valence-corrected chi connectivity index (χ1v) is 7.76. The van der Waals surface area contributed by atoms with Crippen LogP contribution in [0, 0.1) is 6.92 Å². The van der Waals surface area contributed by atoms with Crippen molar-refractivity contribution in [3.63, 3.8) is 0 Å². The van der Waals surface area contributed by atoms with Gasteiger partial charge in [-0.2, -0.15) is 0 Å². The van der Waals surface area contributed by atoms with Crippen LogP contribution in [0.3, 0.4) is 0 Å². The standard InChI is InChI=1S/C18H18N4O2/c1-13-3-2-4-15(11-13)18-22-21-17(24-18)6-5-16(23)20-12-14-7-9-19-10-8-14/h2-4,7-11H,5-6,12H2,1H3,(H,20,23). The SMILES string of the molecule is Cc1cccc(-c2nnc(CCC(=O)NCc3ccncc3)o2)c1. The van der Waals surface area contributed by atoms with Crippen LogP contribution in [-0.2, 0) is 17.8 Å². The molecule has 2 aromatic heterocycles. The number of rotatable bonds is 6. The first-order chi connectivity index (χ1) is 11.7. The van der Waals surface area contributed by atoms with E-state index in [9.17, 15) is 4.79 Å². The van der Waals surface area contributed by atoms with Gasteiger partial charge in [0, 0.05) is 37.3 Å². The molecule has 0 spiro atoms. The summed E-state index contributed by atoms with van der Waals surface area (Å²) < 4.78 is 5.63. The highest BCUT2D eigenvalue weighted by atomic mass is 16.4. The number of nitrogens with one attached hydrogen (secondary N) is 1. The lowest BCUT2D eigenvalue weighted by atomic mass is 10.1. The van der Waals surface area contributed by atoms with E-state index >= 15 is 0 Å². The van der Waals surface area contributed by atoms with Gasteiger partial charge in [-0.15, -0.1) is 10.2 Å². The van der Waals surface area contributed by atoms with E-state index in [4.69, 9.17) is 4.42 Å². The lowest BCUT2D eigenvalue weighted by Gasteiger charge is -2.03. The molecule has 6 heteroatoms. The van der Waals surface area contributed by atoms with E-state index in [0.717, 1.165) is 16.7 Å². The van der Waals surface area contributed by atoms with Crippen molar-refractivity contribution in [1.29, 1.82) is 0 Å². The monoisotopic (exact) mass is 322 g/mol. The van der Waals surface area contributed by atoms with Crippen LogP contribution in [0.25, 0.3) is 11.5 Å². The molecule has 3 rings (SSSR count). The first-order valence-electron chi connectivity index (χ1n) is 7.76. The van der Waals surface area contributed by atoms with Gasteiger partial charge in [-0.05, 0) is 36.8 Å². The van der Waals surface area contributed by atoms with Crippen LogP contribution in [0.2, 0.25) is 0 Å². The van der Waals surface area contributed by atoms with Crippen molar-refractivity contribution in [3.8, 4) is 11.5 Å². The number of carbonyl (C=O) groups is 1. The molecule has 0 saturated heterocycles. The molecule has 0 saturated carbocycles. The predicted octanol–water partition coefficient (Wildman–Crippen LogP) is 2.69. The largest absolute Gasteiger partial charge is 0.421 e. The minimum absolute atomic E-state index is 0.0536. The van der Waals surface area contributed by atoms with Crippen LogP contribution >= 0.6 is 0 Å². The lowest BCUT2D eigenvalue weighted by molar-refractivity contribution is -0.121. The second kappa shape index (κ2) is 7.50. The maximum Gasteiger partial charge on any atom is 0.247 e. The Bertz CT molecular complexity index is 815. The van der Waals surface area contributed by atoms with Gasteiger partial charge in [-0.1, -0.05) is 17.7 Å². The molecule has 122 valence electrons. The number of aromatic nitrogens is 3. The van der Waals surface area contributed by atoms with E-state index in [-0.39, 0.29) is 5.91 Å². The van der Waals surface area contributed by atoms with Crippen molar-refractivity contribution in [3.05, 3.63) is 65.8 Å². The molecule has 0 radical (unpaired) electrons. The fourth-order valence-corrected chi connectivity index (χ4v) is 2.26. The second-order valence-corrected chi connectivity index (χ2v) is 5.50. The third-order valence-electron chi connectivity index (χ3n) is 3.54. The van der Waals surface area contributed by atoms with Gasteiger partial charge < -0.3 is 9.73 Å². The highest BCUT2D eigenvalue weighted by molar-refractivity contribution is 5.76. The summed E-state index contributed by atoms with van der Waals surface area (Å²) in [5.74, 6) is 0.888. The molecule has 1 amide bonds. The molecule has 0 fully saturated rings. The number of carbonyl (C=O) groups excluding carboxylic acids is 1. The van der Waals surface area contributed by atoms with E-state index in [1.54, 1.807) is 12.4 Å². The molecule has 0 unspecified atom stereocenters. The van der Waals surface area contributed by atoms with Crippen molar-refractivity contribution >= 4 is 5.91 Å². The Kier molecular flexibility index (Phi) is 4.96. The minimum Gasteiger partial charge on any atom is -0.421 e. The predicted molar refractivity (Wildman–Crippen MR) is 88.9 cm³/mol. The Labute approximate surface area is 140 Å². The van der Waals surface area contributed by atoms with Gasteiger partial charge in [0.15, 0.2) is 0 Å². The van der Waals surface area contributed by atoms with Crippen molar-refractivity contribution in [1.82, 2.24) is 20.5 Å². The molecule has 0 aliphatic rings. The van der Waals surface area contributed by atoms with Crippen LogP contribution < -0.4 is 5.32 Å². The summed E-state index contributed by atoms with van der Waals surface area (Å²) in [5.41, 5.74) is 3.02. The molecule has 0 aliphatic heterocycles. The Morgan fingerprint density at radius 1 is 1.17 bits per heavy atom. The normalized spacial score (nSPS) is 10.5. The topological polar surface area (TPSA) is 80.9 Å². The molecule has 6 nitrogen and oxygen atoms in total.